The maximum Gasteiger partial charge on any atom is 0.196 e. The second-order valence-electron chi connectivity index (χ2n) is 4.20. The molecule has 0 saturated heterocycles. The van der Waals surface area contributed by atoms with Gasteiger partial charge in [-0.2, -0.15) is 0 Å². The highest BCUT2D eigenvalue weighted by Crippen LogP contribution is 2.37. The van der Waals surface area contributed by atoms with Gasteiger partial charge in [-0.05, 0) is 45.6 Å². The summed E-state index contributed by atoms with van der Waals surface area (Å²) >= 11 is 5.17. The predicted molar refractivity (Wildman–Crippen MR) is 80.1 cm³/mol. The van der Waals surface area contributed by atoms with E-state index >= 15 is 0 Å². The minimum Gasteiger partial charge on any atom is -0.369 e. The third-order valence-electron chi connectivity index (χ3n) is 3.02. The fraction of sp³-hybridized carbons (Fsp3) is 0.154. The lowest BCUT2D eigenvalue weighted by molar-refractivity contribution is 0.627. The van der Waals surface area contributed by atoms with Crippen molar-refractivity contribution in [1.29, 1.82) is 0 Å². The highest BCUT2D eigenvalue weighted by atomic mass is 79.9. The third kappa shape index (κ3) is 2.26. The summed E-state index contributed by atoms with van der Waals surface area (Å²) in [7, 11) is 0. The minimum atomic E-state index is -0.277. The van der Waals surface area contributed by atoms with Crippen LogP contribution in [-0.2, 0) is 0 Å². The number of benzene rings is 1. The van der Waals surface area contributed by atoms with Crippen LogP contribution in [0.2, 0.25) is 0 Å². The van der Waals surface area contributed by atoms with Crippen LogP contribution in [0.3, 0.4) is 0 Å². The number of anilines is 1. The Kier molecular flexibility index (Phi) is 3.28. The fourth-order valence-corrected chi connectivity index (χ4v) is 3.90. The van der Waals surface area contributed by atoms with Gasteiger partial charge in [0.1, 0.15) is 5.82 Å². The molecule has 2 aromatic rings. The highest BCUT2D eigenvalue weighted by molar-refractivity contribution is 9.10. The first-order valence-corrected chi connectivity index (χ1v) is 7.41. The summed E-state index contributed by atoms with van der Waals surface area (Å²) in [5.41, 5.74) is 6.68. The fourth-order valence-electron chi connectivity index (χ4n) is 2.18. The molecule has 0 amide bonds. The van der Waals surface area contributed by atoms with E-state index < -0.39 is 0 Å². The molecule has 0 fully saturated rings. The van der Waals surface area contributed by atoms with Crippen LogP contribution in [0.15, 0.2) is 45.2 Å². The maximum atomic E-state index is 13.4. The summed E-state index contributed by atoms with van der Waals surface area (Å²) in [6, 6.07) is 8.43. The molecule has 98 valence electrons. The quantitative estimate of drug-likeness (QED) is 0.909. The molecule has 19 heavy (non-hydrogen) atoms. The van der Waals surface area contributed by atoms with E-state index in [9.17, 15) is 4.39 Å². The Morgan fingerprint density at radius 2 is 2.26 bits per heavy atom. The first-order valence-electron chi connectivity index (χ1n) is 5.74. The van der Waals surface area contributed by atoms with Gasteiger partial charge in [0.2, 0.25) is 0 Å². The Morgan fingerprint density at radius 1 is 1.42 bits per heavy atom. The van der Waals surface area contributed by atoms with Crippen molar-refractivity contribution < 1.29 is 4.39 Å². The molecule has 0 spiro atoms. The molecule has 0 bridgehead atoms. The molecule has 0 aliphatic carbocycles. The topological polar surface area (TPSA) is 41.6 Å². The number of hydrogen-bond acceptors (Lipinski definition) is 4. The number of thiophene rings is 1. The number of nitrogens with zero attached hydrogens (tertiary/aromatic N) is 2. The largest absolute Gasteiger partial charge is 0.369 e. The number of guanidine groups is 1. The smallest absolute Gasteiger partial charge is 0.196 e. The van der Waals surface area contributed by atoms with Gasteiger partial charge in [0.15, 0.2) is 5.96 Å². The van der Waals surface area contributed by atoms with Gasteiger partial charge in [0.05, 0.1) is 12.6 Å². The zero-order chi connectivity index (χ0) is 13.4. The van der Waals surface area contributed by atoms with E-state index in [0.717, 1.165) is 15.0 Å². The summed E-state index contributed by atoms with van der Waals surface area (Å²) in [6.07, 6.45) is 0. The Hall–Kier alpha value is -1.40. The molecule has 1 aliphatic rings. The molecular formula is C13H11BrFN3S. The number of aliphatic imine (C=N–C) groups is 1. The van der Waals surface area contributed by atoms with Crippen LogP contribution >= 0.6 is 27.3 Å². The van der Waals surface area contributed by atoms with Gasteiger partial charge in [-0.15, -0.1) is 11.3 Å². The van der Waals surface area contributed by atoms with Crippen molar-refractivity contribution in [3.63, 3.8) is 0 Å². The van der Waals surface area contributed by atoms with Gasteiger partial charge < -0.3 is 10.6 Å². The Bertz CT molecular complexity index is 640. The maximum absolute atomic E-state index is 13.4. The van der Waals surface area contributed by atoms with Crippen molar-refractivity contribution in [2.75, 3.05) is 11.4 Å². The van der Waals surface area contributed by atoms with Crippen LogP contribution in [0.4, 0.5) is 10.1 Å². The van der Waals surface area contributed by atoms with Crippen LogP contribution in [0.5, 0.6) is 0 Å². The molecule has 1 unspecified atom stereocenters. The van der Waals surface area contributed by atoms with Crippen molar-refractivity contribution in [3.05, 3.63) is 50.9 Å². The summed E-state index contributed by atoms with van der Waals surface area (Å²) in [5, 5.41) is 2.01. The molecule has 0 saturated carbocycles. The lowest BCUT2D eigenvalue weighted by atomic mass is 10.2. The molecule has 2 heterocycles. The van der Waals surface area contributed by atoms with E-state index in [4.69, 9.17) is 5.73 Å². The Morgan fingerprint density at radius 3 is 2.95 bits per heavy atom. The van der Waals surface area contributed by atoms with Crippen molar-refractivity contribution >= 4 is 38.9 Å². The Balaban J connectivity index is 2.02. The summed E-state index contributed by atoms with van der Waals surface area (Å²) < 4.78 is 14.4. The van der Waals surface area contributed by atoms with Gasteiger partial charge in [0.25, 0.3) is 0 Å². The van der Waals surface area contributed by atoms with Gasteiger partial charge in [-0.1, -0.05) is 6.07 Å². The average molecular weight is 340 g/mol. The molecule has 1 aromatic carbocycles. The van der Waals surface area contributed by atoms with E-state index in [1.807, 2.05) is 22.4 Å². The number of rotatable bonds is 2. The predicted octanol–water partition coefficient (Wildman–Crippen LogP) is 3.53. The number of halogens is 2. The third-order valence-corrected chi connectivity index (χ3v) is 4.99. The molecular weight excluding hydrogens is 329 g/mol. The molecule has 2 N–H and O–H groups in total. The monoisotopic (exact) mass is 339 g/mol. The second-order valence-corrected chi connectivity index (χ2v) is 6.00. The van der Waals surface area contributed by atoms with E-state index in [0.29, 0.717) is 12.5 Å². The highest BCUT2D eigenvalue weighted by Gasteiger charge is 2.31. The van der Waals surface area contributed by atoms with Crippen molar-refractivity contribution in [2.24, 2.45) is 10.7 Å². The van der Waals surface area contributed by atoms with Crippen LogP contribution in [0, 0.1) is 5.82 Å². The van der Waals surface area contributed by atoms with Crippen LogP contribution < -0.4 is 10.6 Å². The summed E-state index contributed by atoms with van der Waals surface area (Å²) in [5.74, 6) is 0.150. The number of hydrogen-bond donors (Lipinski definition) is 1. The van der Waals surface area contributed by atoms with E-state index in [1.54, 1.807) is 17.4 Å². The lowest BCUT2D eigenvalue weighted by Crippen LogP contribution is -2.35. The summed E-state index contributed by atoms with van der Waals surface area (Å²) in [6.45, 7) is 0.585. The van der Waals surface area contributed by atoms with Crippen molar-refractivity contribution in [1.82, 2.24) is 0 Å². The van der Waals surface area contributed by atoms with Crippen LogP contribution in [0.25, 0.3) is 0 Å². The lowest BCUT2D eigenvalue weighted by Gasteiger charge is -2.26. The summed E-state index contributed by atoms with van der Waals surface area (Å²) in [4.78, 5) is 7.31. The van der Waals surface area contributed by atoms with Gasteiger partial charge in [-0.25, -0.2) is 4.39 Å². The zero-order valence-corrected chi connectivity index (χ0v) is 12.3. The molecule has 1 aliphatic heterocycles. The average Bonchev–Trinajstić information content (AvgIpc) is 2.95. The van der Waals surface area contributed by atoms with Crippen LogP contribution in [-0.4, -0.2) is 12.5 Å². The SMILES string of the molecule is NC1=NCC(c2sccc2Br)N1c1cccc(F)c1. The normalized spacial score (nSPS) is 18.7. The molecule has 1 atom stereocenters. The van der Waals surface area contributed by atoms with E-state index in [2.05, 4.69) is 20.9 Å². The molecule has 3 rings (SSSR count). The standard InChI is InChI=1S/C13H11BrFN3S/c14-10-4-5-19-12(10)11-7-17-13(16)18(11)9-3-1-2-8(15)6-9/h1-6,11H,7H2,(H2,16,17). The van der Waals surface area contributed by atoms with Gasteiger partial charge in [0, 0.05) is 15.0 Å². The van der Waals surface area contributed by atoms with E-state index in [1.165, 1.54) is 12.1 Å². The molecule has 1 aromatic heterocycles. The van der Waals surface area contributed by atoms with Crippen molar-refractivity contribution in [2.45, 2.75) is 6.04 Å². The Labute approximate surface area is 122 Å². The molecule has 3 nitrogen and oxygen atoms in total. The van der Waals surface area contributed by atoms with Gasteiger partial charge in [-0.3, -0.25) is 4.99 Å². The van der Waals surface area contributed by atoms with Crippen LogP contribution in [0.1, 0.15) is 10.9 Å². The number of nitrogens with two attached hydrogens (primary N) is 1. The van der Waals surface area contributed by atoms with Gasteiger partial charge >= 0.3 is 0 Å². The second kappa shape index (κ2) is 4.94. The van der Waals surface area contributed by atoms with Crippen molar-refractivity contribution in [3.8, 4) is 0 Å². The first kappa shape index (κ1) is 12.6. The van der Waals surface area contributed by atoms with E-state index in [-0.39, 0.29) is 11.9 Å². The zero-order valence-electron chi connectivity index (χ0n) is 9.88. The molecule has 6 heteroatoms. The molecule has 0 radical (unpaired) electrons. The first-order chi connectivity index (χ1) is 9.16. The minimum absolute atomic E-state index is 0.0242.